The molecule has 1 fully saturated rings. The minimum absolute atomic E-state index is 0.0178. The van der Waals surface area contributed by atoms with Gasteiger partial charge in [0.15, 0.2) is 0 Å². The van der Waals surface area contributed by atoms with Crippen LogP contribution in [0, 0.1) is 0 Å². The van der Waals surface area contributed by atoms with Crippen LogP contribution in [-0.4, -0.2) is 25.4 Å². The van der Waals surface area contributed by atoms with Crippen molar-refractivity contribution in [3.8, 4) is 0 Å². The zero-order chi connectivity index (χ0) is 12.1. The molecule has 3 nitrogen and oxygen atoms in total. The molecule has 1 aromatic rings. The van der Waals surface area contributed by atoms with Gasteiger partial charge in [-0.2, -0.15) is 0 Å². The average molecular weight is 255 g/mol. The first-order valence-electron chi connectivity index (χ1n) is 6.33. The van der Waals surface area contributed by atoms with Crippen LogP contribution in [0.25, 0.3) is 0 Å². The molecule has 2 rings (SSSR count). The van der Waals surface area contributed by atoms with E-state index in [1.54, 1.807) is 11.3 Å². The third kappa shape index (κ3) is 3.52. The average Bonchev–Trinajstić information content (AvgIpc) is 3.01. The Kier molecular flexibility index (Phi) is 4.98. The minimum atomic E-state index is 0.0178. The Morgan fingerprint density at radius 3 is 3.12 bits per heavy atom. The van der Waals surface area contributed by atoms with Crippen molar-refractivity contribution >= 4 is 11.3 Å². The number of hydrogen-bond donors (Lipinski definition) is 1. The largest absolute Gasteiger partial charge is 0.376 e. The molecule has 1 aliphatic rings. The molecule has 1 aliphatic heterocycles. The van der Waals surface area contributed by atoms with Crippen molar-refractivity contribution < 1.29 is 9.47 Å². The lowest BCUT2D eigenvalue weighted by Gasteiger charge is -2.23. The Hall–Kier alpha value is -0.420. The van der Waals surface area contributed by atoms with Crippen molar-refractivity contribution in [3.63, 3.8) is 0 Å². The third-order valence-electron chi connectivity index (χ3n) is 3.17. The fourth-order valence-electron chi connectivity index (χ4n) is 2.07. The number of rotatable bonds is 6. The SMILES string of the molecule is CCC(N)C(OCC1CCCO1)c1cccs1. The fraction of sp³-hybridized carbons (Fsp3) is 0.692. The molecule has 0 amide bonds. The second kappa shape index (κ2) is 6.50. The minimum Gasteiger partial charge on any atom is -0.376 e. The second-order valence-corrected chi connectivity index (χ2v) is 5.46. The van der Waals surface area contributed by atoms with E-state index < -0.39 is 0 Å². The van der Waals surface area contributed by atoms with Crippen LogP contribution in [-0.2, 0) is 9.47 Å². The van der Waals surface area contributed by atoms with Crippen LogP contribution >= 0.6 is 11.3 Å². The van der Waals surface area contributed by atoms with Gasteiger partial charge in [0.05, 0.1) is 12.7 Å². The van der Waals surface area contributed by atoms with E-state index in [1.807, 2.05) is 6.07 Å². The van der Waals surface area contributed by atoms with Gasteiger partial charge in [-0.3, -0.25) is 0 Å². The standard InChI is InChI=1S/C13H21NO2S/c1-2-11(14)13(12-6-4-8-17-12)16-9-10-5-3-7-15-10/h4,6,8,10-11,13H,2-3,5,7,9,14H2,1H3. The number of thiophene rings is 1. The topological polar surface area (TPSA) is 44.5 Å². The molecule has 4 heteroatoms. The van der Waals surface area contributed by atoms with Crippen molar-refractivity contribution in [2.24, 2.45) is 5.73 Å². The van der Waals surface area contributed by atoms with E-state index in [1.165, 1.54) is 4.88 Å². The Labute approximate surface area is 107 Å². The van der Waals surface area contributed by atoms with E-state index in [4.69, 9.17) is 15.2 Å². The summed E-state index contributed by atoms with van der Waals surface area (Å²) in [5.74, 6) is 0. The van der Waals surface area contributed by atoms with Crippen LogP contribution in [0.5, 0.6) is 0 Å². The molecule has 0 aromatic carbocycles. The number of nitrogens with two attached hydrogens (primary N) is 1. The normalized spacial score (nSPS) is 23.8. The van der Waals surface area contributed by atoms with Gasteiger partial charge in [0.1, 0.15) is 6.10 Å². The lowest BCUT2D eigenvalue weighted by Crippen LogP contribution is -2.31. The van der Waals surface area contributed by atoms with Crippen LogP contribution in [0.2, 0.25) is 0 Å². The van der Waals surface area contributed by atoms with E-state index in [9.17, 15) is 0 Å². The molecule has 2 heterocycles. The highest BCUT2D eigenvalue weighted by Gasteiger charge is 2.23. The monoisotopic (exact) mass is 255 g/mol. The van der Waals surface area contributed by atoms with Crippen LogP contribution in [0.1, 0.15) is 37.2 Å². The van der Waals surface area contributed by atoms with Gasteiger partial charge in [-0.25, -0.2) is 0 Å². The molecular formula is C13H21NO2S. The number of ether oxygens (including phenoxy) is 2. The highest BCUT2D eigenvalue weighted by Crippen LogP contribution is 2.27. The van der Waals surface area contributed by atoms with Crippen molar-refractivity contribution in [3.05, 3.63) is 22.4 Å². The maximum atomic E-state index is 6.13. The predicted molar refractivity (Wildman–Crippen MR) is 70.3 cm³/mol. The summed E-state index contributed by atoms with van der Waals surface area (Å²) < 4.78 is 11.6. The maximum Gasteiger partial charge on any atom is 0.107 e. The molecule has 0 bridgehead atoms. The summed E-state index contributed by atoms with van der Waals surface area (Å²) in [6.45, 7) is 3.63. The summed E-state index contributed by atoms with van der Waals surface area (Å²) in [5, 5.41) is 2.07. The zero-order valence-corrected chi connectivity index (χ0v) is 11.1. The van der Waals surface area contributed by atoms with E-state index in [0.717, 1.165) is 25.9 Å². The molecular weight excluding hydrogens is 234 g/mol. The predicted octanol–water partition coefficient (Wildman–Crippen LogP) is 2.72. The van der Waals surface area contributed by atoms with E-state index >= 15 is 0 Å². The highest BCUT2D eigenvalue weighted by atomic mass is 32.1. The molecule has 96 valence electrons. The summed E-state index contributed by atoms with van der Waals surface area (Å²) >= 11 is 1.71. The second-order valence-electron chi connectivity index (χ2n) is 4.48. The fourth-order valence-corrected chi connectivity index (χ4v) is 2.92. The Balaban J connectivity index is 1.91. The van der Waals surface area contributed by atoms with E-state index in [0.29, 0.717) is 6.61 Å². The summed E-state index contributed by atoms with van der Waals surface area (Å²) in [5.41, 5.74) is 6.13. The molecule has 0 saturated carbocycles. The van der Waals surface area contributed by atoms with Crippen molar-refractivity contribution in [2.75, 3.05) is 13.2 Å². The molecule has 0 spiro atoms. The summed E-state index contributed by atoms with van der Waals surface area (Å²) in [6.07, 6.45) is 3.47. The molecule has 0 aliphatic carbocycles. The Morgan fingerprint density at radius 1 is 1.65 bits per heavy atom. The van der Waals surface area contributed by atoms with Crippen molar-refractivity contribution in [1.29, 1.82) is 0 Å². The van der Waals surface area contributed by atoms with Crippen molar-refractivity contribution in [1.82, 2.24) is 0 Å². The smallest absolute Gasteiger partial charge is 0.107 e. The summed E-state index contributed by atoms with van der Waals surface area (Å²) in [7, 11) is 0. The summed E-state index contributed by atoms with van der Waals surface area (Å²) in [4.78, 5) is 1.22. The quantitative estimate of drug-likeness (QED) is 0.850. The molecule has 2 N–H and O–H groups in total. The third-order valence-corrected chi connectivity index (χ3v) is 4.10. The van der Waals surface area contributed by atoms with Gasteiger partial charge in [0, 0.05) is 17.5 Å². The molecule has 1 aromatic heterocycles. The first-order chi connectivity index (χ1) is 8.31. The van der Waals surface area contributed by atoms with E-state index in [2.05, 4.69) is 18.4 Å². The lowest BCUT2D eigenvalue weighted by molar-refractivity contribution is -0.0296. The van der Waals surface area contributed by atoms with Crippen LogP contribution in [0.3, 0.4) is 0 Å². The first kappa shape index (κ1) is 13.0. The van der Waals surface area contributed by atoms with Crippen LogP contribution in [0.4, 0.5) is 0 Å². The zero-order valence-electron chi connectivity index (χ0n) is 10.3. The molecule has 0 radical (unpaired) electrons. The highest BCUT2D eigenvalue weighted by molar-refractivity contribution is 7.10. The maximum absolute atomic E-state index is 6.13. The van der Waals surface area contributed by atoms with Crippen molar-refractivity contribution in [2.45, 2.75) is 44.4 Å². The lowest BCUT2D eigenvalue weighted by atomic mass is 10.1. The van der Waals surface area contributed by atoms with Gasteiger partial charge >= 0.3 is 0 Å². The van der Waals surface area contributed by atoms with Crippen LogP contribution in [0.15, 0.2) is 17.5 Å². The molecule has 3 unspecified atom stereocenters. The van der Waals surface area contributed by atoms with Gasteiger partial charge < -0.3 is 15.2 Å². The first-order valence-corrected chi connectivity index (χ1v) is 7.21. The van der Waals surface area contributed by atoms with E-state index in [-0.39, 0.29) is 18.2 Å². The van der Waals surface area contributed by atoms with Gasteiger partial charge in [-0.15, -0.1) is 11.3 Å². The Morgan fingerprint density at radius 2 is 2.53 bits per heavy atom. The van der Waals surface area contributed by atoms with Gasteiger partial charge in [-0.05, 0) is 30.7 Å². The molecule has 1 saturated heterocycles. The molecule has 17 heavy (non-hydrogen) atoms. The van der Waals surface area contributed by atoms with Crippen LogP contribution < -0.4 is 5.73 Å². The number of hydrogen-bond acceptors (Lipinski definition) is 4. The van der Waals surface area contributed by atoms with Gasteiger partial charge in [0.2, 0.25) is 0 Å². The van der Waals surface area contributed by atoms with Gasteiger partial charge in [-0.1, -0.05) is 13.0 Å². The van der Waals surface area contributed by atoms with Gasteiger partial charge in [0.25, 0.3) is 0 Å². The Bertz CT molecular complexity index is 309. The molecule has 3 atom stereocenters. The summed E-state index contributed by atoms with van der Waals surface area (Å²) in [6, 6.07) is 4.21.